The fourth-order valence-electron chi connectivity index (χ4n) is 1.58. The lowest BCUT2D eigenvalue weighted by atomic mass is 10.1. The molecule has 1 aromatic heterocycles. The van der Waals surface area contributed by atoms with Crippen molar-refractivity contribution < 1.29 is 0 Å². The van der Waals surface area contributed by atoms with Gasteiger partial charge in [-0.25, -0.2) is 0 Å². The van der Waals surface area contributed by atoms with E-state index in [2.05, 4.69) is 12.3 Å². The van der Waals surface area contributed by atoms with Crippen LogP contribution >= 0.6 is 22.9 Å². The Kier molecular flexibility index (Phi) is 2.18. The highest BCUT2D eigenvalue weighted by Gasteiger charge is 2.06. The average molecular weight is 212 g/mol. The Bertz CT molecular complexity index is 447. The first-order valence-electron chi connectivity index (χ1n) is 4.04. The zero-order valence-corrected chi connectivity index (χ0v) is 8.88. The second-order valence-corrected chi connectivity index (χ2v) is 4.28. The molecule has 68 valence electrons. The smallest absolute Gasteiger partial charge is 0.0488 e. The topological polar surface area (TPSA) is 26.0 Å². The van der Waals surface area contributed by atoms with Crippen LogP contribution in [0.4, 0.5) is 5.69 Å². The number of hydrogen-bond acceptors (Lipinski definition) is 2. The molecule has 0 atom stereocenters. The van der Waals surface area contributed by atoms with Crippen LogP contribution in [0.5, 0.6) is 0 Å². The van der Waals surface area contributed by atoms with Gasteiger partial charge in [0.25, 0.3) is 0 Å². The van der Waals surface area contributed by atoms with Crippen LogP contribution in [0.2, 0.25) is 0 Å². The molecule has 0 unspecified atom stereocenters. The first kappa shape index (κ1) is 8.85. The number of benzene rings is 1. The third-order valence-corrected chi connectivity index (χ3v) is 3.38. The van der Waals surface area contributed by atoms with Crippen LogP contribution in [0.15, 0.2) is 17.5 Å². The van der Waals surface area contributed by atoms with Gasteiger partial charge in [0.1, 0.15) is 0 Å². The molecule has 0 spiro atoms. The number of halogens is 1. The molecule has 0 radical (unpaired) electrons. The van der Waals surface area contributed by atoms with Crippen molar-refractivity contribution in [2.75, 3.05) is 5.73 Å². The number of alkyl halides is 1. The maximum atomic E-state index is 5.83. The minimum absolute atomic E-state index is 0.574. The minimum Gasteiger partial charge on any atom is -0.399 e. The quantitative estimate of drug-likeness (QED) is 0.567. The van der Waals surface area contributed by atoms with E-state index in [1.165, 1.54) is 21.2 Å². The SMILES string of the molecule is Cc1cc(N)cc2scc(CCl)c12. The molecule has 0 aliphatic heterocycles. The summed E-state index contributed by atoms with van der Waals surface area (Å²) in [5.74, 6) is 0.574. The highest BCUT2D eigenvalue weighted by molar-refractivity contribution is 7.17. The highest BCUT2D eigenvalue weighted by Crippen LogP contribution is 2.31. The van der Waals surface area contributed by atoms with Gasteiger partial charge in [-0.2, -0.15) is 0 Å². The lowest BCUT2D eigenvalue weighted by Crippen LogP contribution is -1.86. The van der Waals surface area contributed by atoms with Gasteiger partial charge in [-0.15, -0.1) is 22.9 Å². The van der Waals surface area contributed by atoms with Crippen molar-refractivity contribution in [3.63, 3.8) is 0 Å². The third-order valence-electron chi connectivity index (χ3n) is 2.11. The van der Waals surface area contributed by atoms with Crippen molar-refractivity contribution in [2.24, 2.45) is 0 Å². The maximum Gasteiger partial charge on any atom is 0.0488 e. The number of fused-ring (bicyclic) bond motifs is 1. The molecule has 1 heterocycles. The Labute approximate surface area is 86.1 Å². The number of hydrogen-bond donors (Lipinski definition) is 1. The molecule has 1 nitrogen and oxygen atoms in total. The van der Waals surface area contributed by atoms with Crippen LogP contribution in [0.1, 0.15) is 11.1 Å². The predicted molar refractivity (Wildman–Crippen MR) is 60.5 cm³/mol. The largest absolute Gasteiger partial charge is 0.399 e. The van der Waals surface area contributed by atoms with Crippen LogP contribution in [-0.2, 0) is 5.88 Å². The zero-order valence-electron chi connectivity index (χ0n) is 7.30. The fraction of sp³-hybridized carbons (Fsp3) is 0.200. The molecule has 0 fully saturated rings. The summed E-state index contributed by atoms with van der Waals surface area (Å²) in [6.07, 6.45) is 0. The summed E-state index contributed by atoms with van der Waals surface area (Å²) >= 11 is 7.54. The van der Waals surface area contributed by atoms with E-state index in [0.717, 1.165) is 5.69 Å². The molecule has 2 rings (SSSR count). The van der Waals surface area contributed by atoms with E-state index in [9.17, 15) is 0 Å². The van der Waals surface area contributed by atoms with Crippen LogP contribution < -0.4 is 5.73 Å². The van der Waals surface area contributed by atoms with Crippen LogP contribution in [0.25, 0.3) is 10.1 Å². The number of thiophene rings is 1. The van der Waals surface area contributed by atoms with Crippen molar-refractivity contribution >= 4 is 38.7 Å². The van der Waals surface area contributed by atoms with Gasteiger partial charge in [0.05, 0.1) is 0 Å². The Hall–Kier alpha value is -0.730. The van der Waals surface area contributed by atoms with Crippen molar-refractivity contribution in [1.82, 2.24) is 0 Å². The Morgan fingerprint density at radius 1 is 1.46 bits per heavy atom. The van der Waals surface area contributed by atoms with Gasteiger partial charge >= 0.3 is 0 Å². The third kappa shape index (κ3) is 1.40. The summed E-state index contributed by atoms with van der Waals surface area (Å²) in [4.78, 5) is 0. The molecular formula is C10H10ClNS. The van der Waals surface area contributed by atoms with Gasteiger partial charge in [0.15, 0.2) is 0 Å². The predicted octanol–water partition coefficient (Wildman–Crippen LogP) is 3.53. The standard InChI is InChI=1S/C10H10ClNS/c1-6-2-8(12)3-9-10(6)7(4-11)5-13-9/h2-3,5H,4,12H2,1H3. The molecule has 1 aromatic carbocycles. The second-order valence-electron chi connectivity index (χ2n) is 3.11. The van der Waals surface area contributed by atoms with E-state index in [0.29, 0.717) is 5.88 Å². The number of nitrogen functional groups attached to an aromatic ring is 1. The van der Waals surface area contributed by atoms with E-state index in [4.69, 9.17) is 17.3 Å². The Morgan fingerprint density at radius 3 is 2.92 bits per heavy atom. The van der Waals surface area contributed by atoms with Gasteiger partial charge in [0.2, 0.25) is 0 Å². The molecule has 13 heavy (non-hydrogen) atoms. The van der Waals surface area contributed by atoms with Crippen molar-refractivity contribution in [2.45, 2.75) is 12.8 Å². The second kappa shape index (κ2) is 3.20. The Morgan fingerprint density at radius 2 is 2.23 bits per heavy atom. The number of anilines is 1. The normalized spacial score (nSPS) is 10.9. The van der Waals surface area contributed by atoms with Gasteiger partial charge in [-0.1, -0.05) is 0 Å². The molecule has 0 aliphatic rings. The first-order chi connectivity index (χ1) is 6.22. The molecule has 0 saturated heterocycles. The molecular weight excluding hydrogens is 202 g/mol. The zero-order chi connectivity index (χ0) is 9.42. The summed E-state index contributed by atoms with van der Waals surface area (Å²) in [7, 11) is 0. The molecule has 3 heteroatoms. The summed E-state index contributed by atoms with van der Waals surface area (Å²) in [5.41, 5.74) is 9.00. The van der Waals surface area contributed by atoms with Crippen molar-refractivity contribution in [3.8, 4) is 0 Å². The van der Waals surface area contributed by atoms with Crippen LogP contribution in [-0.4, -0.2) is 0 Å². The molecule has 0 bridgehead atoms. The fourth-order valence-corrected chi connectivity index (χ4v) is 2.96. The van der Waals surface area contributed by atoms with Crippen molar-refractivity contribution in [1.29, 1.82) is 0 Å². The van der Waals surface area contributed by atoms with E-state index < -0.39 is 0 Å². The minimum atomic E-state index is 0.574. The highest BCUT2D eigenvalue weighted by atomic mass is 35.5. The summed E-state index contributed by atoms with van der Waals surface area (Å²) in [5, 5.41) is 3.37. The van der Waals surface area contributed by atoms with Gasteiger partial charge < -0.3 is 5.73 Å². The first-order valence-corrected chi connectivity index (χ1v) is 5.46. The van der Waals surface area contributed by atoms with Crippen molar-refractivity contribution in [3.05, 3.63) is 28.6 Å². The lowest BCUT2D eigenvalue weighted by molar-refractivity contribution is 1.45. The molecule has 2 aromatic rings. The number of aryl methyl sites for hydroxylation is 1. The average Bonchev–Trinajstić information content (AvgIpc) is 2.47. The molecule has 0 saturated carbocycles. The number of rotatable bonds is 1. The summed E-state index contributed by atoms with van der Waals surface area (Å²) in [6, 6.07) is 3.99. The lowest BCUT2D eigenvalue weighted by Gasteiger charge is -2.00. The Balaban J connectivity index is 2.82. The van der Waals surface area contributed by atoms with Gasteiger partial charge in [-0.05, 0) is 40.9 Å². The van der Waals surface area contributed by atoms with Crippen LogP contribution in [0.3, 0.4) is 0 Å². The van der Waals surface area contributed by atoms with E-state index >= 15 is 0 Å². The summed E-state index contributed by atoms with van der Waals surface area (Å²) in [6.45, 7) is 2.07. The van der Waals surface area contributed by atoms with E-state index in [1.54, 1.807) is 11.3 Å². The van der Waals surface area contributed by atoms with E-state index in [1.807, 2.05) is 12.1 Å². The number of nitrogens with two attached hydrogens (primary N) is 1. The molecule has 0 aliphatic carbocycles. The van der Waals surface area contributed by atoms with E-state index in [-0.39, 0.29) is 0 Å². The van der Waals surface area contributed by atoms with Gasteiger partial charge in [0, 0.05) is 16.3 Å². The molecule has 0 amide bonds. The summed E-state index contributed by atoms with van der Waals surface area (Å²) < 4.78 is 1.23. The monoisotopic (exact) mass is 211 g/mol. The van der Waals surface area contributed by atoms with Gasteiger partial charge in [-0.3, -0.25) is 0 Å². The van der Waals surface area contributed by atoms with Crippen LogP contribution in [0, 0.1) is 6.92 Å². The molecule has 2 N–H and O–H groups in total. The maximum absolute atomic E-state index is 5.83.